The molecule has 0 radical (unpaired) electrons. The lowest BCUT2D eigenvalue weighted by Gasteiger charge is -2.42. The Labute approximate surface area is 180 Å². The van der Waals surface area contributed by atoms with Gasteiger partial charge in [0.15, 0.2) is 0 Å². The molecule has 0 saturated heterocycles. The van der Waals surface area contributed by atoms with Crippen molar-refractivity contribution in [2.24, 2.45) is 5.92 Å². The zero-order chi connectivity index (χ0) is 22.5. The number of carboxylic acids is 1. The van der Waals surface area contributed by atoms with Crippen LogP contribution in [0.15, 0.2) is 36.4 Å². The van der Waals surface area contributed by atoms with Crippen molar-refractivity contribution >= 4 is 16.7 Å². The minimum absolute atomic E-state index is 0.0573. The quantitative estimate of drug-likeness (QED) is 0.541. The molecule has 2 aromatic carbocycles. The van der Waals surface area contributed by atoms with Gasteiger partial charge in [0.2, 0.25) is 5.88 Å². The van der Waals surface area contributed by atoms with Crippen LogP contribution < -0.4 is 4.74 Å². The number of carboxylic acid groups (broad SMARTS) is 1. The number of aromatic nitrogens is 1. The molecule has 1 saturated carbocycles. The smallest absolute Gasteiger partial charge is 0.306 e. The van der Waals surface area contributed by atoms with E-state index in [0.29, 0.717) is 29.7 Å². The summed E-state index contributed by atoms with van der Waals surface area (Å²) in [5.41, 5.74) is 2.44. The number of aryl methyl sites for hydroxylation is 1. The van der Waals surface area contributed by atoms with Gasteiger partial charge in [-0.25, -0.2) is 9.37 Å². The number of carbonyl (C=O) groups is 1. The number of hydrogen-bond acceptors (Lipinski definition) is 4. The molecule has 0 aliphatic heterocycles. The first-order valence-corrected chi connectivity index (χ1v) is 10.4. The second kappa shape index (κ2) is 7.52. The average Bonchev–Trinajstić information content (AvgIpc) is 2.67. The van der Waals surface area contributed by atoms with E-state index in [9.17, 15) is 19.4 Å². The molecule has 1 heterocycles. The van der Waals surface area contributed by atoms with Gasteiger partial charge in [-0.3, -0.25) is 4.79 Å². The Morgan fingerprint density at radius 3 is 2.52 bits per heavy atom. The molecule has 1 aliphatic rings. The monoisotopic (exact) mass is 423 g/mol. The van der Waals surface area contributed by atoms with E-state index in [1.807, 2.05) is 26.8 Å². The number of benzene rings is 2. The normalized spacial score (nSPS) is 20.6. The Hall–Kier alpha value is -3.15. The van der Waals surface area contributed by atoms with Crippen molar-refractivity contribution < 1.29 is 24.1 Å². The topological polar surface area (TPSA) is 79.7 Å². The molecule has 4 rings (SSSR count). The van der Waals surface area contributed by atoms with Crippen LogP contribution in [0.3, 0.4) is 0 Å². The maximum atomic E-state index is 13.9. The number of phenols is 1. The standard InChI is InChI=1S/C25H26FNO4/c1-13(2)22-21(15-5-8-20(26)14(3)9-15)18-7-6-17(28)10-19(18)23(27-22)31-25(4)11-16(12-25)24(29)30/h5-10,13,16,28H,11-12H2,1-4H3,(H,29,30). The molecule has 1 fully saturated rings. The maximum Gasteiger partial charge on any atom is 0.306 e. The molecule has 0 unspecified atom stereocenters. The number of ether oxygens (including phenoxy) is 1. The van der Waals surface area contributed by atoms with Gasteiger partial charge in [0.25, 0.3) is 0 Å². The van der Waals surface area contributed by atoms with Crippen molar-refractivity contribution in [2.75, 3.05) is 0 Å². The van der Waals surface area contributed by atoms with Crippen molar-refractivity contribution in [1.29, 1.82) is 0 Å². The minimum Gasteiger partial charge on any atom is -0.508 e. The van der Waals surface area contributed by atoms with Crippen LogP contribution in [0.1, 0.15) is 50.8 Å². The highest BCUT2D eigenvalue weighted by Gasteiger charge is 2.46. The van der Waals surface area contributed by atoms with Gasteiger partial charge < -0.3 is 14.9 Å². The van der Waals surface area contributed by atoms with Gasteiger partial charge in [0.05, 0.1) is 11.6 Å². The number of fused-ring (bicyclic) bond motifs is 1. The summed E-state index contributed by atoms with van der Waals surface area (Å²) in [6.45, 7) is 7.67. The van der Waals surface area contributed by atoms with E-state index in [1.54, 1.807) is 31.2 Å². The highest BCUT2D eigenvalue weighted by molar-refractivity contribution is 6.01. The molecule has 0 atom stereocenters. The van der Waals surface area contributed by atoms with Gasteiger partial charge in [0, 0.05) is 23.8 Å². The fourth-order valence-corrected chi connectivity index (χ4v) is 4.36. The van der Waals surface area contributed by atoms with Crippen LogP contribution in [0.25, 0.3) is 21.9 Å². The van der Waals surface area contributed by atoms with E-state index in [0.717, 1.165) is 22.2 Å². The number of aromatic hydroxyl groups is 1. The molecule has 162 valence electrons. The molecule has 0 bridgehead atoms. The molecule has 0 amide bonds. The van der Waals surface area contributed by atoms with Gasteiger partial charge in [-0.05, 0) is 66.6 Å². The highest BCUT2D eigenvalue weighted by Crippen LogP contribution is 2.45. The van der Waals surface area contributed by atoms with E-state index in [-0.39, 0.29) is 17.5 Å². The predicted octanol–water partition coefficient (Wildman–Crippen LogP) is 5.81. The largest absolute Gasteiger partial charge is 0.508 e. The van der Waals surface area contributed by atoms with Gasteiger partial charge in [-0.1, -0.05) is 19.9 Å². The second-order valence-corrected chi connectivity index (χ2v) is 9.02. The number of phenolic OH excluding ortho intramolecular Hbond substituents is 1. The van der Waals surface area contributed by atoms with Gasteiger partial charge in [0.1, 0.15) is 17.2 Å². The Morgan fingerprint density at radius 2 is 1.90 bits per heavy atom. The van der Waals surface area contributed by atoms with Gasteiger partial charge in [-0.15, -0.1) is 0 Å². The van der Waals surface area contributed by atoms with Crippen molar-refractivity contribution in [3.8, 4) is 22.8 Å². The summed E-state index contributed by atoms with van der Waals surface area (Å²) in [7, 11) is 0. The lowest BCUT2D eigenvalue weighted by molar-refractivity contribution is -0.153. The van der Waals surface area contributed by atoms with E-state index in [2.05, 4.69) is 0 Å². The first-order chi connectivity index (χ1) is 14.6. The summed E-state index contributed by atoms with van der Waals surface area (Å²) in [5.74, 6) is -0.988. The summed E-state index contributed by atoms with van der Waals surface area (Å²) in [5, 5.41) is 20.9. The molecule has 1 aliphatic carbocycles. The van der Waals surface area contributed by atoms with E-state index in [4.69, 9.17) is 9.72 Å². The molecule has 3 aromatic rings. The van der Waals surface area contributed by atoms with Gasteiger partial charge in [-0.2, -0.15) is 0 Å². The minimum atomic E-state index is -0.818. The maximum absolute atomic E-state index is 13.9. The third-order valence-electron chi connectivity index (χ3n) is 6.02. The Kier molecular flexibility index (Phi) is 5.12. The summed E-state index contributed by atoms with van der Waals surface area (Å²) in [6, 6.07) is 10.0. The van der Waals surface area contributed by atoms with Crippen LogP contribution in [0.4, 0.5) is 4.39 Å². The Balaban J connectivity index is 1.90. The molecular weight excluding hydrogens is 397 g/mol. The van der Waals surface area contributed by atoms with Crippen LogP contribution >= 0.6 is 0 Å². The number of halogens is 1. The molecular formula is C25H26FNO4. The third kappa shape index (κ3) is 3.82. The fourth-order valence-electron chi connectivity index (χ4n) is 4.36. The van der Waals surface area contributed by atoms with E-state index in [1.165, 1.54) is 6.07 Å². The number of hydrogen-bond donors (Lipinski definition) is 2. The van der Waals surface area contributed by atoms with Crippen LogP contribution in [-0.2, 0) is 4.79 Å². The zero-order valence-corrected chi connectivity index (χ0v) is 18.1. The molecule has 6 heteroatoms. The fraction of sp³-hybridized carbons (Fsp3) is 0.360. The van der Waals surface area contributed by atoms with Crippen molar-refractivity contribution in [3.63, 3.8) is 0 Å². The Bertz CT molecular complexity index is 1180. The first-order valence-electron chi connectivity index (χ1n) is 10.4. The van der Waals surface area contributed by atoms with Crippen LogP contribution in [0.2, 0.25) is 0 Å². The third-order valence-corrected chi connectivity index (χ3v) is 6.02. The molecule has 31 heavy (non-hydrogen) atoms. The summed E-state index contributed by atoms with van der Waals surface area (Å²) in [6.07, 6.45) is 0.806. The first kappa shape index (κ1) is 21.1. The van der Waals surface area contributed by atoms with Crippen LogP contribution in [0, 0.1) is 18.7 Å². The zero-order valence-electron chi connectivity index (χ0n) is 18.1. The number of aliphatic carboxylic acids is 1. The lowest BCUT2D eigenvalue weighted by Crippen LogP contribution is -2.49. The number of nitrogens with zero attached hydrogens (tertiary/aromatic N) is 1. The highest BCUT2D eigenvalue weighted by atomic mass is 19.1. The van der Waals surface area contributed by atoms with Crippen molar-refractivity contribution in [1.82, 2.24) is 4.98 Å². The number of rotatable bonds is 5. The number of pyridine rings is 1. The predicted molar refractivity (Wildman–Crippen MR) is 117 cm³/mol. The second-order valence-electron chi connectivity index (χ2n) is 9.02. The van der Waals surface area contributed by atoms with Crippen LogP contribution in [-0.4, -0.2) is 26.8 Å². The van der Waals surface area contributed by atoms with Crippen molar-refractivity contribution in [2.45, 2.75) is 52.1 Å². The van der Waals surface area contributed by atoms with E-state index >= 15 is 0 Å². The Morgan fingerprint density at radius 1 is 1.19 bits per heavy atom. The van der Waals surface area contributed by atoms with Crippen molar-refractivity contribution in [3.05, 3.63) is 53.5 Å². The molecule has 5 nitrogen and oxygen atoms in total. The molecule has 1 aromatic heterocycles. The molecule has 0 spiro atoms. The lowest BCUT2D eigenvalue weighted by atomic mass is 9.72. The van der Waals surface area contributed by atoms with E-state index < -0.39 is 17.5 Å². The SMILES string of the molecule is Cc1cc(-c2c(C(C)C)nc(OC3(C)CC(C(=O)O)C3)c3cc(O)ccc23)ccc1F. The van der Waals surface area contributed by atoms with Crippen LogP contribution in [0.5, 0.6) is 11.6 Å². The summed E-state index contributed by atoms with van der Waals surface area (Å²) < 4.78 is 20.2. The molecule has 2 N–H and O–H groups in total. The summed E-state index contributed by atoms with van der Waals surface area (Å²) >= 11 is 0. The summed E-state index contributed by atoms with van der Waals surface area (Å²) in [4.78, 5) is 16.1. The van der Waals surface area contributed by atoms with Gasteiger partial charge >= 0.3 is 5.97 Å². The average molecular weight is 423 g/mol.